The van der Waals surface area contributed by atoms with Crippen LogP contribution in [0, 0.1) is 6.92 Å². The van der Waals surface area contributed by atoms with Crippen LogP contribution in [0.25, 0.3) is 0 Å². The lowest BCUT2D eigenvalue weighted by molar-refractivity contribution is 0.237. The minimum atomic E-state index is -0.181. The maximum Gasteiger partial charge on any atom is 0.315 e. The molecule has 2 amide bonds. The fourth-order valence-electron chi connectivity index (χ4n) is 2.10. The average Bonchev–Trinajstić information content (AvgIpc) is 2.98. The van der Waals surface area contributed by atoms with Crippen LogP contribution in [0.2, 0.25) is 0 Å². The van der Waals surface area contributed by atoms with Crippen LogP contribution in [0.5, 0.6) is 5.75 Å². The number of hydrogen-bond donors (Lipinski definition) is 2. The van der Waals surface area contributed by atoms with Gasteiger partial charge in [-0.1, -0.05) is 23.8 Å². The summed E-state index contributed by atoms with van der Waals surface area (Å²) < 4.78 is 5.35. The van der Waals surface area contributed by atoms with Crippen LogP contribution in [0.15, 0.2) is 35.7 Å². The molecule has 4 nitrogen and oxygen atoms in total. The Hall–Kier alpha value is -2.01. The molecule has 5 heteroatoms. The molecule has 1 aromatic carbocycles. The van der Waals surface area contributed by atoms with Crippen molar-refractivity contribution < 1.29 is 9.53 Å². The molecule has 0 aliphatic heterocycles. The molecular formula is C16H20N2O2S. The van der Waals surface area contributed by atoms with E-state index >= 15 is 0 Å². The van der Waals surface area contributed by atoms with Crippen LogP contribution in [0.4, 0.5) is 4.79 Å². The summed E-state index contributed by atoms with van der Waals surface area (Å²) in [5.41, 5.74) is 2.11. The highest BCUT2D eigenvalue weighted by atomic mass is 32.1. The van der Waals surface area contributed by atoms with Gasteiger partial charge in [0.25, 0.3) is 0 Å². The van der Waals surface area contributed by atoms with Gasteiger partial charge in [-0.2, -0.15) is 0 Å². The number of nitrogens with one attached hydrogen (secondary N) is 2. The van der Waals surface area contributed by atoms with Gasteiger partial charge in [0.1, 0.15) is 5.75 Å². The minimum Gasteiger partial charge on any atom is -0.496 e. The Labute approximate surface area is 129 Å². The van der Waals surface area contributed by atoms with Crippen LogP contribution >= 0.6 is 11.3 Å². The molecular weight excluding hydrogens is 284 g/mol. The van der Waals surface area contributed by atoms with E-state index in [-0.39, 0.29) is 12.1 Å². The number of urea groups is 1. The monoisotopic (exact) mass is 304 g/mol. The number of carbonyl (C=O) groups is 1. The standard InChI is InChI=1S/C16H20N2O2S/c1-11-6-7-15(20-3)14(9-11)12(2)18-16(19)17-10-13-5-4-8-21-13/h4-9,12H,10H2,1-3H3,(H2,17,18,19). The Morgan fingerprint density at radius 2 is 2.19 bits per heavy atom. The van der Waals surface area contributed by atoms with E-state index in [0.29, 0.717) is 6.54 Å². The average molecular weight is 304 g/mol. The summed E-state index contributed by atoms with van der Waals surface area (Å²) in [5.74, 6) is 0.784. The molecule has 0 aliphatic carbocycles. The van der Waals surface area contributed by atoms with Crippen molar-refractivity contribution in [2.45, 2.75) is 26.4 Å². The summed E-state index contributed by atoms with van der Waals surface area (Å²) in [6, 6.07) is 9.61. The lowest BCUT2D eigenvalue weighted by Gasteiger charge is -2.18. The molecule has 0 fully saturated rings. The number of ether oxygens (including phenoxy) is 1. The number of hydrogen-bond acceptors (Lipinski definition) is 3. The number of thiophene rings is 1. The summed E-state index contributed by atoms with van der Waals surface area (Å²) in [7, 11) is 1.64. The number of carbonyl (C=O) groups excluding carboxylic acids is 1. The molecule has 1 unspecified atom stereocenters. The highest BCUT2D eigenvalue weighted by molar-refractivity contribution is 7.09. The smallest absolute Gasteiger partial charge is 0.315 e. The van der Waals surface area contributed by atoms with E-state index in [4.69, 9.17) is 4.74 Å². The summed E-state index contributed by atoms with van der Waals surface area (Å²) >= 11 is 1.63. The SMILES string of the molecule is COc1ccc(C)cc1C(C)NC(=O)NCc1cccs1. The van der Waals surface area contributed by atoms with Crippen molar-refractivity contribution >= 4 is 17.4 Å². The third kappa shape index (κ3) is 4.23. The zero-order chi connectivity index (χ0) is 15.2. The van der Waals surface area contributed by atoms with E-state index in [1.807, 2.05) is 49.6 Å². The summed E-state index contributed by atoms with van der Waals surface area (Å²) in [6.45, 7) is 4.51. The molecule has 0 radical (unpaired) electrons. The molecule has 2 aromatic rings. The molecule has 112 valence electrons. The highest BCUT2D eigenvalue weighted by Gasteiger charge is 2.14. The third-order valence-electron chi connectivity index (χ3n) is 3.20. The topological polar surface area (TPSA) is 50.4 Å². The fraction of sp³-hybridized carbons (Fsp3) is 0.312. The number of aryl methyl sites for hydroxylation is 1. The van der Waals surface area contributed by atoms with Crippen molar-refractivity contribution in [1.82, 2.24) is 10.6 Å². The van der Waals surface area contributed by atoms with Gasteiger partial charge >= 0.3 is 6.03 Å². The van der Waals surface area contributed by atoms with Crippen LogP contribution < -0.4 is 15.4 Å². The Morgan fingerprint density at radius 1 is 1.38 bits per heavy atom. The molecule has 1 atom stereocenters. The first-order chi connectivity index (χ1) is 10.1. The second-order valence-electron chi connectivity index (χ2n) is 4.87. The first kappa shape index (κ1) is 15.4. The van der Waals surface area contributed by atoms with Gasteiger partial charge in [0.15, 0.2) is 0 Å². The lowest BCUT2D eigenvalue weighted by atomic mass is 10.0. The molecule has 1 heterocycles. The van der Waals surface area contributed by atoms with Gasteiger partial charge in [0.2, 0.25) is 0 Å². The van der Waals surface area contributed by atoms with Crippen molar-refractivity contribution in [3.05, 3.63) is 51.7 Å². The second-order valence-corrected chi connectivity index (χ2v) is 5.91. The van der Waals surface area contributed by atoms with E-state index in [0.717, 1.165) is 21.8 Å². The van der Waals surface area contributed by atoms with Crippen LogP contribution in [-0.4, -0.2) is 13.1 Å². The van der Waals surface area contributed by atoms with E-state index in [1.54, 1.807) is 18.4 Å². The largest absolute Gasteiger partial charge is 0.496 e. The van der Waals surface area contributed by atoms with Gasteiger partial charge < -0.3 is 15.4 Å². The third-order valence-corrected chi connectivity index (χ3v) is 4.08. The van der Waals surface area contributed by atoms with Crippen molar-refractivity contribution in [1.29, 1.82) is 0 Å². The lowest BCUT2D eigenvalue weighted by Crippen LogP contribution is -2.36. The van der Waals surface area contributed by atoms with Crippen LogP contribution in [-0.2, 0) is 6.54 Å². The van der Waals surface area contributed by atoms with Crippen molar-refractivity contribution in [2.24, 2.45) is 0 Å². The molecule has 1 aromatic heterocycles. The van der Waals surface area contributed by atoms with E-state index in [2.05, 4.69) is 10.6 Å². The molecule has 0 aliphatic rings. The normalized spacial score (nSPS) is 11.8. The summed E-state index contributed by atoms with van der Waals surface area (Å²) in [5, 5.41) is 7.79. The molecule has 0 saturated heterocycles. The molecule has 0 spiro atoms. The Bertz CT molecular complexity index is 596. The maximum atomic E-state index is 11.9. The number of amides is 2. The molecule has 0 saturated carbocycles. The maximum absolute atomic E-state index is 11.9. The zero-order valence-electron chi connectivity index (χ0n) is 12.5. The minimum absolute atomic E-state index is 0.122. The molecule has 21 heavy (non-hydrogen) atoms. The summed E-state index contributed by atoms with van der Waals surface area (Å²) in [4.78, 5) is 13.1. The van der Waals surface area contributed by atoms with Gasteiger partial charge in [0, 0.05) is 10.4 Å². The Kier molecular flexibility index (Phi) is 5.22. The van der Waals surface area contributed by atoms with Crippen LogP contribution in [0.1, 0.15) is 29.0 Å². The van der Waals surface area contributed by atoms with Crippen molar-refractivity contribution in [3.8, 4) is 5.75 Å². The Balaban J connectivity index is 1.95. The molecule has 0 bridgehead atoms. The number of benzene rings is 1. The fourth-order valence-corrected chi connectivity index (χ4v) is 2.74. The van der Waals surface area contributed by atoms with Gasteiger partial charge in [-0.25, -0.2) is 4.79 Å². The Morgan fingerprint density at radius 3 is 2.86 bits per heavy atom. The first-order valence-electron chi connectivity index (χ1n) is 6.81. The van der Waals surface area contributed by atoms with E-state index < -0.39 is 0 Å². The predicted octanol–water partition coefficient (Wildman–Crippen LogP) is 3.63. The van der Waals surface area contributed by atoms with E-state index in [1.165, 1.54) is 0 Å². The van der Waals surface area contributed by atoms with Gasteiger partial charge in [-0.05, 0) is 31.4 Å². The molecule has 2 rings (SSSR count). The predicted molar refractivity (Wildman–Crippen MR) is 85.8 cm³/mol. The first-order valence-corrected chi connectivity index (χ1v) is 7.69. The quantitative estimate of drug-likeness (QED) is 0.886. The highest BCUT2D eigenvalue weighted by Crippen LogP contribution is 2.25. The van der Waals surface area contributed by atoms with E-state index in [9.17, 15) is 4.79 Å². The van der Waals surface area contributed by atoms with Gasteiger partial charge in [0.05, 0.1) is 19.7 Å². The number of rotatable bonds is 5. The van der Waals surface area contributed by atoms with Crippen molar-refractivity contribution in [3.63, 3.8) is 0 Å². The summed E-state index contributed by atoms with van der Waals surface area (Å²) in [6.07, 6.45) is 0. The second kappa shape index (κ2) is 7.13. The van der Waals surface area contributed by atoms with Gasteiger partial charge in [-0.3, -0.25) is 0 Å². The van der Waals surface area contributed by atoms with Gasteiger partial charge in [-0.15, -0.1) is 11.3 Å². The van der Waals surface area contributed by atoms with Crippen LogP contribution in [0.3, 0.4) is 0 Å². The zero-order valence-corrected chi connectivity index (χ0v) is 13.3. The number of methoxy groups -OCH3 is 1. The van der Waals surface area contributed by atoms with Crippen molar-refractivity contribution in [2.75, 3.05) is 7.11 Å². The molecule has 2 N–H and O–H groups in total.